The van der Waals surface area contributed by atoms with Crippen molar-refractivity contribution in [2.75, 3.05) is 19.0 Å². The molecule has 6 heteroatoms. The summed E-state index contributed by atoms with van der Waals surface area (Å²) in [6.07, 6.45) is 4.49. The Bertz CT molecular complexity index is 554. The summed E-state index contributed by atoms with van der Waals surface area (Å²) in [4.78, 5) is 29.9. The number of carbonyl (C=O) groups is 2. The van der Waals surface area contributed by atoms with Crippen LogP contribution in [0.2, 0.25) is 5.15 Å². The molecule has 0 aromatic carbocycles. The minimum atomic E-state index is 0.403. The summed E-state index contributed by atoms with van der Waals surface area (Å²) in [7, 11) is 3.81. The fourth-order valence-electron chi connectivity index (χ4n) is 1.19. The molecule has 20 heavy (non-hydrogen) atoms. The standard InChI is InChI=1S/C8H10N2O.C6H4ClNO/c1-10(2)8-4-3-7(6-11)5-9-8;7-6-2-1-5(4-9)3-8-6/h3-6H,1-2H3;1-4H. The highest BCUT2D eigenvalue weighted by Crippen LogP contribution is 2.05. The van der Waals surface area contributed by atoms with E-state index in [2.05, 4.69) is 9.97 Å². The maximum atomic E-state index is 10.2. The van der Waals surface area contributed by atoms with Crippen molar-refractivity contribution in [3.05, 3.63) is 52.9 Å². The smallest absolute Gasteiger partial charge is 0.151 e. The number of hydrogen-bond donors (Lipinski definition) is 0. The second kappa shape index (κ2) is 8.01. The van der Waals surface area contributed by atoms with Crippen LogP contribution in [-0.2, 0) is 0 Å². The second-order valence-electron chi connectivity index (χ2n) is 3.99. The van der Waals surface area contributed by atoms with Gasteiger partial charge in [0.05, 0.1) is 0 Å². The van der Waals surface area contributed by atoms with Crippen LogP contribution in [0.4, 0.5) is 5.82 Å². The molecule has 0 saturated carbocycles. The Morgan fingerprint density at radius 2 is 1.50 bits per heavy atom. The van der Waals surface area contributed by atoms with Crippen molar-refractivity contribution in [2.45, 2.75) is 0 Å². The van der Waals surface area contributed by atoms with E-state index in [0.29, 0.717) is 16.3 Å². The summed E-state index contributed by atoms with van der Waals surface area (Å²) >= 11 is 5.44. The van der Waals surface area contributed by atoms with E-state index in [4.69, 9.17) is 11.6 Å². The summed E-state index contributed by atoms with van der Waals surface area (Å²) < 4.78 is 0. The molecule has 0 aliphatic rings. The van der Waals surface area contributed by atoms with Gasteiger partial charge in [0.2, 0.25) is 0 Å². The van der Waals surface area contributed by atoms with Gasteiger partial charge >= 0.3 is 0 Å². The Kier molecular flexibility index (Phi) is 6.32. The van der Waals surface area contributed by atoms with Crippen LogP contribution in [0.5, 0.6) is 0 Å². The molecule has 104 valence electrons. The van der Waals surface area contributed by atoms with E-state index in [1.807, 2.05) is 25.1 Å². The van der Waals surface area contributed by atoms with Gasteiger partial charge < -0.3 is 4.90 Å². The maximum absolute atomic E-state index is 10.2. The third-order valence-electron chi connectivity index (χ3n) is 2.25. The monoisotopic (exact) mass is 291 g/mol. The van der Waals surface area contributed by atoms with E-state index in [-0.39, 0.29) is 0 Å². The number of nitrogens with zero attached hydrogens (tertiary/aromatic N) is 3. The molecule has 0 atom stereocenters. The normalized spacial score (nSPS) is 9.15. The first-order valence-electron chi connectivity index (χ1n) is 5.72. The van der Waals surface area contributed by atoms with Crippen LogP contribution in [0.1, 0.15) is 20.7 Å². The Balaban J connectivity index is 0.000000204. The van der Waals surface area contributed by atoms with Gasteiger partial charge in [0.15, 0.2) is 12.6 Å². The van der Waals surface area contributed by atoms with Crippen LogP contribution < -0.4 is 4.90 Å². The topological polar surface area (TPSA) is 63.2 Å². The number of aldehydes is 2. The lowest BCUT2D eigenvalue weighted by Crippen LogP contribution is -2.10. The zero-order valence-corrected chi connectivity index (χ0v) is 11.9. The lowest BCUT2D eigenvalue weighted by Gasteiger charge is -2.09. The van der Waals surface area contributed by atoms with Gasteiger partial charge in [-0.2, -0.15) is 0 Å². The van der Waals surface area contributed by atoms with Crippen LogP contribution in [0, 0.1) is 0 Å². The summed E-state index contributed by atoms with van der Waals surface area (Å²) in [5.74, 6) is 0.857. The van der Waals surface area contributed by atoms with Crippen molar-refractivity contribution < 1.29 is 9.59 Å². The molecule has 0 aliphatic carbocycles. The van der Waals surface area contributed by atoms with Crippen molar-refractivity contribution in [1.82, 2.24) is 9.97 Å². The highest BCUT2D eigenvalue weighted by molar-refractivity contribution is 6.29. The summed E-state index contributed by atoms with van der Waals surface area (Å²) in [5.41, 5.74) is 1.15. The molecular formula is C14H14ClN3O2. The summed E-state index contributed by atoms with van der Waals surface area (Å²) in [5, 5.41) is 0.403. The third-order valence-corrected chi connectivity index (χ3v) is 2.47. The number of carbonyl (C=O) groups excluding carboxylic acids is 2. The molecule has 2 rings (SSSR count). The predicted octanol–water partition coefficient (Wildman–Crippen LogP) is 2.51. The van der Waals surface area contributed by atoms with Gasteiger partial charge in [0.1, 0.15) is 11.0 Å². The van der Waals surface area contributed by atoms with E-state index >= 15 is 0 Å². The molecule has 0 bridgehead atoms. The number of anilines is 1. The average molecular weight is 292 g/mol. The Labute approximate surface area is 122 Å². The molecule has 0 aliphatic heterocycles. The van der Waals surface area contributed by atoms with E-state index in [9.17, 15) is 9.59 Å². The molecule has 0 fully saturated rings. The molecule has 0 saturated heterocycles. The van der Waals surface area contributed by atoms with Gasteiger partial charge in [-0.15, -0.1) is 0 Å². The first kappa shape index (κ1) is 15.8. The van der Waals surface area contributed by atoms with Crippen LogP contribution in [-0.4, -0.2) is 36.6 Å². The number of hydrogen-bond acceptors (Lipinski definition) is 5. The molecule has 0 N–H and O–H groups in total. The van der Waals surface area contributed by atoms with Crippen molar-refractivity contribution in [1.29, 1.82) is 0 Å². The van der Waals surface area contributed by atoms with Gasteiger partial charge in [-0.25, -0.2) is 9.97 Å². The number of aromatic nitrogens is 2. The van der Waals surface area contributed by atoms with E-state index in [0.717, 1.165) is 18.4 Å². The Morgan fingerprint density at radius 3 is 1.85 bits per heavy atom. The van der Waals surface area contributed by atoms with Crippen LogP contribution >= 0.6 is 11.6 Å². The van der Waals surface area contributed by atoms with Crippen molar-refractivity contribution in [3.63, 3.8) is 0 Å². The second-order valence-corrected chi connectivity index (χ2v) is 4.38. The van der Waals surface area contributed by atoms with Gasteiger partial charge in [0, 0.05) is 37.6 Å². The van der Waals surface area contributed by atoms with Gasteiger partial charge in [-0.3, -0.25) is 9.59 Å². The summed E-state index contributed by atoms with van der Waals surface area (Å²) in [6, 6.07) is 6.74. The van der Waals surface area contributed by atoms with Crippen LogP contribution in [0.3, 0.4) is 0 Å². The molecule has 0 radical (unpaired) electrons. The minimum Gasteiger partial charge on any atom is -0.363 e. The fraction of sp³-hybridized carbons (Fsp3) is 0.143. The van der Waals surface area contributed by atoms with E-state index < -0.39 is 0 Å². The predicted molar refractivity (Wildman–Crippen MR) is 78.6 cm³/mol. The highest BCUT2D eigenvalue weighted by Gasteiger charge is 1.95. The SMILES string of the molecule is CN(C)c1ccc(C=O)cn1.O=Cc1ccc(Cl)nc1. The van der Waals surface area contributed by atoms with Crippen LogP contribution in [0.15, 0.2) is 36.7 Å². The summed E-state index contributed by atoms with van der Waals surface area (Å²) in [6.45, 7) is 0. The molecule has 0 unspecified atom stereocenters. The molecule has 0 amide bonds. The minimum absolute atomic E-state index is 0.403. The average Bonchev–Trinajstić information content (AvgIpc) is 2.49. The van der Waals surface area contributed by atoms with Gasteiger partial charge in [-0.05, 0) is 24.3 Å². The van der Waals surface area contributed by atoms with Gasteiger partial charge in [0.25, 0.3) is 0 Å². The fourth-order valence-corrected chi connectivity index (χ4v) is 1.30. The first-order chi connectivity index (χ1) is 9.56. The number of halogens is 1. The van der Waals surface area contributed by atoms with Crippen LogP contribution in [0.25, 0.3) is 0 Å². The quantitative estimate of drug-likeness (QED) is 0.642. The third kappa shape index (κ3) is 5.16. The molecular weight excluding hydrogens is 278 g/mol. The Hall–Kier alpha value is -2.27. The molecule has 0 spiro atoms. The number of rotatable bonds is 3. The van der Waals surface area contributed by atoms with Crippen molar-refractivity contribution in [2.24, 2.45) is 0 Å². The molecule has 2 heterocycles. The van der Waals surface area contributed by atoms with Crippen molar-refractivity contribution >= 4 is 30.0 Å². The molecule has 5 nitrogen and oxygen atoms in total. The Morgan fingerprint density at radius 1 is 0.950 bits per heavy atom. The first-order valence-corrected chi connectivity index (χ1v) is 6.10. The molecule has 2 aromatic rings. The highest BCUT2D eigenvalue weighted by atomic mass is 35.5. The zero-order valence-electron chi connectivity index (χ0n) is 11.2. The maximum Gasteiger partial charge on any atom is 0.151 e. The van der Waals surface area contributed by atoms with Crippen molar-refractivity contribution in [3.8, 4) is 0 Å². The van der Waals surface area contributed by atoms with E-state index in [1.165, 1.54) is 6.20 Å². The largest absolute Gasteiger partial charge is 0.363 e. The zero-order chi connectivity index (χ0) is 15.0. The number of pyridine rings is 2. The lowest BCUT2D eigenvalue weighted by molar-refractivity contribution is 0.111. The molecule has 2 aromatic heterocycles. The van der Waals surface area contributed by atoms with E-state index in [1.54, 1.807) is 24.4 Å². The van der Waals surface area contributed by atoms with Gasteiger partial charge in [-0.1, -0.05) is 11.6 Å². The lowest BCUT2D eigenvalue weighted by atomic mass is 10.3.